The molecule has 0 bridgehead atoms. The Balaban J connectivity index is 2.29. The van der Waals surface area contributed by atoms with Crippen LogP contribution in [0.4, 0.5) is 0 Å². The topological polar surface area (TPSA) is 52.1 Å². The molecule has 0 N–H and O–H groups in total. The molecule has 1 fully saturated rings. The summed E-state index contributed by atoms with van der Waals surface area (Å²) in [5.41, 5.74) is 1.04. The average Bonchev–Trinajstić information content (AvgIpc) is 3.10. The van der Waals surface area contributed by atoms with Crippen molar-refractivity contribution in [3.63, 3.8) is 0 Å². The van der Waals surface area contributed by atoms with E-state index in [1.54, 1.807) is 6.92 Å². The van der Waals surface area contributed by atoms with E-state index in [1.165, 1.54) is 12.8 Å². The van der Waals surface area contributed by atoms with Crippen LogP contribution in [0.3, 0.4) is 0 Å². The third-order valence-corrected chi connectivity index (χ3v) is 6.31. The zero-order chi connectivity index (χ0) is 14.0. The van der Waals surface area contributed by atoms with Gasteiger partial charge >= 0.3 is 124 Å². The molecule has 0 atom stereocenters. The van der Waals surface area contributed by atoms with Gasteiger partial charge in [0.25, 0.3) is 0 Å². The molecule has 2 radical (unpaired) electrons. The van der Waals surface area contributed by atoms with Crippen LogP contribution in [0.15, 0.2) is 6.07 Å². The van der Waals surface area contributed by atoms with Crippen molar-refractivity contribution < 1.29 is 9.53 Å². The van der Waals surface area contributed by atoms with Crippen molar-refractivity contribution in [1.29, 1.82) is 0 Å². The Morgan fingerprint density at radius 3 is 2.63 bits per heavy atom. The molecule has 0 unspecified atom stereocenters. The van der Waals surface area contributed by atoms with Crippen LogP contribution in [0.25, 0.3) is 0 Å². The molecule has 1 aliphatic carbocycles. The van der Waals surface area contributed by atoms with Crippen molar-refractivity contribution in [2.24, 2.45) is 0 Å². The van der Waals surface area contributed by atoms with E-state index in [0.29, 0.717) is 16.0 Å². The Labute approximate surface area is 124 Å². The van der Waals surface area contributed by atoms with Crippen molar-refractivity contribution in [1.82, 2.24) is 9.97 Å². The van der Waals surface area contributed by atoms with Crippen LogP contribution in [0.1, 0.15) is 62.8 Å². The molecule has 1 aromatic rings. The normalized spacial score (nSPS) is 15.4. The first-order chi connectivity index (χ1) is 8.89. The predicted molar refractivity (Wildman–Crippen MR) is 75.1 cm³/mol. The molecule has 0 amide bonds. The predicted octanol–water partition coefficient (Wildman–Crippen LogP) is 2.08. The molecular formula is C14H20N2O2Sn. The molecule has 0 spiro atoms. The van der Waals surface area contributed by atoms with Crippen LogP contribution >= 0.6 is 0 Å². The summed E-state index contributed by atoms with van der Waals surface area (Å²) < 4.78 is 6.44. The van der Waals surface area contributed by atoms with Crippen LogP contribution in [-0.2, 0) is 4.74 Å². The molecule has 19 heavy (non-hydrogen) atoms. The van der Waals surface area contributed by atoms with E-state index >= 15 is 0 Å². The molecule has 1 saturated carbocycles. The first-order valence-electron chi connectivity index (χ1n) is 6.73. The fourth-order valence-corrected chi connectivity index (χ4v) is 5.07. The van der Waals surface area contributed by atoms with Crippen molar-refractivity contribution in [2.75, 3.05) is 6.61 Å². The second kappa shape index (κ2) is 5.77. The molecule has 0 aliphatic heterocycles. The van der Waals surface area contributed by atoms with Gasteiger partial charge in [-0.05, 0) is 0 Å². The van der Waals surface area contributed by atoms with Crippen molar-refractivity contribution in [2.45, 2.75) is 49.9 Å². The van der Waals surface area contributed by atoms with Gasteiger partial charge in [-0.3, -0.25) is 0 Å². The van der Waals surface area contributed by atoms with Gasteiger partial charge in [-0.15, -0.1) is 0 Å². The summed E-state index contributed by atoms with van der Waals surface area (Å²) in [6.07, 6.45) is 2.36. The minimum atomic E-state index is -0.829. The molecule has 1 aromatic heterocycles. The third-order valence-electron chi connectivity index (χ3n) is 2.70. The van der Waals surface area contributed by atoms with E-state index in [4.69, 9.17) is 4.74 Å². The molecule has 5 heteroatoms. The van der Waals surface area contributed by atoms with Gasteiger partial charge in [0, 0.05) is 0 Å². The maximum atomic E-state index is 11.8. The number of nitrogens with zero attached hydrogens (tertiary/aromatic N) is 2. The van der Waals surface area contributed by atoms with Gasteiger partial charge in [0.1, 0.15) is 0 Å². The molecular weight excluding hydrogens is 347 g/mol. The fourth-order valence-electron chi connectivity index (χ4n) is 1.79. The zero-order valence-electron chi connectivity index (χ0n) is 12.0. The number of carbonyl (C=O) groups excluding carboxylic acids is 1. The third kappa shape index (κ3) is 4.44. The maximum absolute atomic E-state index is 11.8. The molecule has 4 nitrogen and oxygen atoms in total. The minimum absolute atomic E-state index is 0.256. The van der Waals surface area contributed by atoms with E-state index in [0.717, 1.165) is 9.40 Å². The number of carbonyl (C=O) groups is 1. The van der Waals surface area contributed by atoms with E-state index in [-0.39, 0.29) is 11.8 Å². The second-order valence-corrected chi connectivity index (χ2v) is 12.3. The van der Waals surface area contributed by atoms with E-state index in [2.05, 4.69) is 36.8 Å². The second-order valence-electron chi connectivity index (χ2n) is 5.87. The number of esters is 1. The van der Waals surface area contributed by atoms with Crippen LogP contribution in [-0.4, -0.2) is 43.7 Å². The van der Waals surface area contributed by atoms with Crippen LogP contribution in [0.5, 0.6) is 0 Å². The summed E-state index contributed by atoms with van der Waals surface area (Å²) in [5.74, 6) is 0.403. The van der Waals surface area contributed by atoms with Crippen molar-refractivity contribution >= 4 is 30.8 Å². The quantitative estimate of drug-likeness (QED) is 0.604. The van der Waals surface area contributed by atoms with Gasteiger partial charge in [0.05, 0.1) is 0 Å². The van der Waals surface area contributed by atoms with E-state index in [9.17, 15) is 4.79 Å². The monoisotopic (exact) mass is 368 g/mol. The number of hydrogen-bond acceptors (Lipinski definition) is 4. The summed E-state index contributed by atoms with van der Waals surface area (Å²) in [6.45, 7) is 8.88. The average molecular weight is 367 g/mol. The SMILES string of the molecule is CCOC(=O)c1n[c]([Sn][C](C)(C)C)cc(C2CC2)n1. The Bertz CT molecular complexity index is 479. The fraction of sp³-hybridized carbons (Fsp3) is 0.643. The van der Waals surface area contributed by atoms with Crippen molar-refractivity contribution in [3.05, 3.63) is 17.6 Å². The number of rotatable bonds is 4. The van der Waals surface area contributed by atoms with Crippen LogP contribution in [0, 0.1) is 0 Å². The van der Waals surface area contributed by atoms with E-state index in [1.807, 2.05) is 0 Å². The first kappa shape index (κ1) is 14.8. The van der Waals surface area contributed by atoms with Crippen molar-refractivity contribution in [3.8, 4) is 0 Å². The van der Waals surface area contributed by atoms with Gasteiger partial charge in [-0.1, -0.05) is 0 Å². The molecule has 0 aromatic carbocycles. The van der Waals surface area contributed by atoms with Gasteiger partial charge in [-0.25, -0.2) is 0 Å². The van der Waals surface area contributed by atoms with Crippen LogP contribution in [0.2, 0.25) is 3.43 Å². The molecule has 102 valence electrons. The Hall–Kier alpha value is -0.651. The summed E-state index contributed by atoms with van der Waals surface area (Å²) in [7, 11) is 0. The summed E-state index contributed by atoms with van der Waals surface area (Å²) in [4.78, 5) is 20.7. The summed E-state index contributed by atoms with van der Waals surface area (Å²) >= 11 is -0.829. The summed E-state index contributed by atoms with van der Waals surface area (Å²) in [5, 5.41) is 0. The first-order valence-corrected chi connectivity index (χ1v) is 9.59. The number of aromatic nitrogens is 2. The molecule has 1 aliphatic rings. The van der Waals surface area contributed by atoms with Gasteiger partial charge in [0.2, 0.25) is 0 Å². The molecule has 1 heterocycles. The van der Waals surface area contributed by atoms with Gasteiger partial charge in [-0.2, -0.15) is 0 Å². The Morgan fingerprint density at radius 2 is 2.11 bits per heavy atom. The molecule has 0 saturated heterocycles. The number of ether oxygens (including phenoxy) is 1. The van der Waals surface area contributed by atoms with Crippen LogP contribution < -0.4 is 3.71 Å². The number of hydrogen-bond donors (Lipinski definition) is 0. The van der Waals surface area contributed by atoms with Gasteiger partial charge in [0.15, 0.2) is 0 Å². The Kier molecular flexibility index (Phi) is 4.48. The van der Waals surface area contributed by atoms with E-state index < -0.39 is 21.1 Å². The zero-order valence-corrected chi connectivity index (χ0v) is 14.8. The summed E-state index contributed by atoms with van der Waals surface area (Å²) in [6, 6.07) is 2.12. The standard InChI is InChI=1S/C10H11N2O2.C4H9.Sn/c1-2-14-10(13)9-11-6-5-8(12-9)7-3-4-7;1-4(2)3;/h5,7H,2-4H2,1H3;1-3H3;. The Morgan fingerprint density at radius 1 is 1.42 bits per heavy atom. The molecule has 2 rings (SSSR count). The van der Waals surface area contributed by atoms with Gasteiger partial charge < -0.3 is 0 Å².